The first-order chi connectivity index (χ1) is 16.8. The second-order valence-corrected chi connectivity index (χ2v) is 8.45. The van der Waals surface area contributed by atoms with Gasteiger partial charge in [-0.05, 0) is 24.3 Å². The maximum atomic E-state index is 13.0. The van der Waals surface area contributed by atoms with Gasteiger partial charge in [0, 0.05) is 62.6 Å². The maximum absolute atomic E-state index is 13.0. The van der Waals surface area contributed by atoms with Crippen molar-refractivity contribution >= 4 is 52.0 Å². The van der Waals surface area contributed by atoms with E-state index in [0.717, 1.165) is 5.39 Å². The van der Waals surface area contributed by atoms with Crippen molar-refractivity contribution in [3.8, 4) is 11.4 Å². The number of hydrogen-bond acceptors (Lipinski definition) is 8. The molecule has 0 unspecified atom stereocenters. The van der Waals surface area contributed by atoms with Crippen LogP contribution in [0, 0.1) is 0 Å². The molecule has 1 fully saturated rings. The fourth-order valence-electron chi connectivity index (χ4n) is 3.94. The molecule has 4 aromatic rings. The van der Waals surface area contributed by atoms with E-state index >= 15 is 0 Å². The first kappa shape index (κ1) is 23.0. The van der Waals surface area contributed by atoms with E-state index in [1.54, 1.807) is 53.4 Å². The highest BCUT2D eigenvalue weighted by molar-refractivity contribution is 6.59. The summed E-state index contributed by atoms with van der Waals surface area (Å²) in [5, 5.41) is 10.4. The lowest BCUT2D eigenvalue weighted by Crippen LogP contribution is -2.58. The van der Waals surface area contributed by atoms with E-state index in [0.29, 0.717) is 60.3 Å². The second-order valence-electron chi connectivity index (χ2n) is 8.45. The second kappa shape index (κ2) is 9.14. The molecule has 10 nitrogen and oxygen atoms in total. The van der Waals surface area contributed by atoms with Crippen molar-refractivity contribution in [2.75, 3.05) is 36.4 Å². The van der Waals surface area contributed by atoms with Gasteiger partial charge in [0.1, 0.15) is 17.3 Å². The molecule has 0 aliphatic carbocycles. The molecule has 168 valence electrons. The fraction of sp³-hybridized carbons (Fsp3) is 0.273. The highest BCUT2D eigenvalue weighted by Crippen LogP contribution is 2.22. The van der Waals surface area contributed by atoms with Crippen molar-refractivity contribution in [3.63, 3.8) is 0 Å². The molecule has 0 bridgehead atoms. The lowest BCUT2D eigenvalue weighted by molar-refractivity contribution is 0.102. The molecule has 0 saturated carbocycles. The summed E-state index contributed by atoms with van der Waals surface area (Å²) in [4.78, 5) is 30.2. The van der Waals surface area contributed by atoms with Crippen LogP contribution < -0.4 is 10.2 Å². The van der Waals surface area contributed by atoms with Crippen LogP contribution in [0.4, 0.5) is 11.6 Å². The molecule has 5 heterocycles. The zero-order valence-corrected chi connectivity index (χ0v) is 19.2. The number of carbonyl (C=O) groups is 1. The number of amides is 1. The Labute approximate surface area is 206 Å². The van der Waals surface area contributed by atoms with Gasteiger partial charge in [0.15, 0.2) is 0 Å². The van der Waals surface area contributed by atoms with Crippen LogP contribution in [0.2, 0.25) is 0 Å². The standard InChI is InChI=1S/C22H20B3N9O/c1-32-13-18(30-31-32)16-3-2-15-12-27-19(11-17(15)28-16)29-21(35)14-4-5-26-20(10-14)33-6-8-34(9-7-33)22(23,24)25/h2-5,10-13H,6-9H2,1H3,(H,27,29,35). The fourth-order valence-corrected chi connectivity index (χ4v) is 3.94. The summed E-state index contributed by atoms with van der Waals surface area (Å²) in [5.41, 5.74) is 2.50. The number of nitrogens with zero attached hydrogens (tertiary/aromatic N) is 8. The van der Waals surface area contributed by atoms with Crippen molar-refractivity contribution < 1.29 is 4.79 Å². The zero-order valence-electron chi connectivity index (χ0n) is 19.2. The smallest absolute Gasteiger partial charge is 0.257 e. The minimum Gasteiger partial charge on any atom is -0.354 e. The molecule has 0 spiro atoms. The van der Waals surface area contributed by atoms with Gasteiger partial charge in [-0.15, -0.1) is 5.10 Å². The molecule has 1 amide bonds. The van der Waals surface area contributed by atoms with Gasteiger partial charge in [-0.2, -0.15) is 0 Å². The Hall–Kier alpha value is -3.73. The largest absolute Gasteiger partial charge is 0.354 e. The molecular weight excluding hydrogens is 439 g/mol. The lowest BCUT2D eigenvalue weighted by Gasteiger charge is -2.43. The Morgan fingerprint density at radius 2 is 1.83 bits per heavy atom. The minimum absolute atomic E-state index is 0.297. The van der Waals surface area contributed by atoms with Gasteiger partial charge in [-0.25, -0.2) is 15.0 Å². The Morgan fingerprint density at radius 3 is 2.54 bits per heavy atom. The molecule has 0 atom stereocenters. The third-order valence-corrected chi connectivity index (χ3v) is 5.84. The van der Waals surface area contributed by atoms with Gasteiger partial charge in [-0.3, -0.25) is 9.48 Å². The van der Waals surface area contributed by atoms with Crippen LogP contribution in [0.5, 0.6) is 0 Å². The number of rotatable bonds is 5. The Morgan fingerprint density at radius 1 is 1.03 bits per heavy atom. The molecular formula is C22H20B3N9O. The van der Waals surface area contributed by atoms with Gasteiger partial charge in [-0.1, -0.05) is 10.5 Å². The summed E-state index contributed by atoms with van der Waals surface area (Å²) in [5.74, 6) is 0.785. The number of pyridine rings is 3. The summed E-state index contributed by atoms with van der Waals surface area (Å²) in [6.45, 7) is 2.45. The van der Waals surface area contributed by atoms with Crippen LogP contribution in [0.25, 0.3) is 22.3 Å². The average molecular weight is 459 g/mol. The molecule has 6 radical (unpaired) electrons. The van der Waals surface area contributed by atoms with E-state index < -0.39 is 5.24 Å². The van der Waals surface area contributed by atoms with Crippen molar-refractivity contribution in [3.05, 3.63) is 54.5 Å². The van der Waals surface area contributed by atoms with Crippen molar-refractivity contribution in [2.45, 2.75) is 5.24 Å². The normalized spacial score (nSPS) is 14.8. The maximum Gasteiger partial charge on any atom is 0.257 e. The van der Waals surface area contributed by atoms with Crippen molar-refractivity contribution in [1.29, 1.82) is 0 Å². The first-order valence-electron chi connectivity index (χ1n) is 11.0. The summed E-state index contributed by atoms with van der Waals surface area (Å²) in [6.07, 6.45) is 5.07. The van der Waals surface area contributed by atoms with Gasteiger partial charge < -0.3 is 15.1 Å². The lowest BCUT2D eigenvalue weighted by atomic mass is 9.48. The monoisotopic (exact) mass is 459 g/mol. The Kier molecular flexibility index (Phi) is 6.02. The predicted octanol–water partition coefficient (Wildman–Crippen LogP) is 0.311. The zero-order chi connectivity index (χ0) is 24.6. The average Bonchev–Trinajstić information content (AvgIpc) is 3.29. The number of fused-ring (bicyclic) bond motifs is 1. The molecule has 13 heteroatoms. The number of piperazine rings is 1. The topological polar surface area (TPSA) is 105 Å². The number of nitrogens with one attached hydrogen (secondary N) is 1. The molecule has 1 aliphatic heterocycles. The molecule has 35 heavy (non-hydrogen) atoms. The van der Waals surface area contributed by atoms with Crippen molar-refractivity contribution in [2.24, 2.45) is 7.05 Å². The quantitative estimate of drug-likeness (QED) is 0.426. The molecule has 1 saturated heterocycles. The molecule has 5 rings (SSSR count). The Balaban J connectivity index is 1.31. The summed E-state index contributed by atoms with van der Waals surface area (Å²) < 4.78 is 1.62. The summed E-state index contributed by atoms with van der Waals surface area (Å²) in [6, 6.07) is 8.90. The van der Waals surface area contributed by atoms with Crippen LogP contribution in [0.15, 0.2) is 48.9 Å². The van der Waals surface area contributed by atoms with E-state index in [-0.39, 0.29) is 5.91 Å². The molecule has 1 aliphatic rings. The molecule has 4 aromatic heterocycles. The van der Waals surface area contributed by atoms with Crippen LogP contribution in [0.1, 0.15) is 10.4 Å². The van der Waals surface area contributed by atoms with Crippen LogP contribution >= 0.6 is 0 Å². The number of hydrogen-bond donors (Lipinski definition) is 1. The van der Waals surface area contributed by atoms with E-state index in [9.17, 15) is 4.79 Å². The number of anilines is 2. The van der Waals surface area contributed by atoms with Crippen LogP contribution in [0.3, 0.4) is 0 Å². The summed E-state index contributed by atoms with van der Waals surface area (Å²) >= 11 is 0. The minimum atomic E-state index is -1.35. The Bertz CT molecular complexity index is 1380. The third kappa shape index (κ3) is 5.04. The van der Waals surface area contributed by atoms with Crippen molar-refractivity contribution in [1.82, 2.24) is 34.8 Å². The molecule has 0 aromatic carbocycles. The first-order valence-corrected chi connectivity index (χ1v) is 11.0. The predicted molar refractivity (Wildman–Crippen MR) is 136 cm³/mol. The van der Waals surface area contributed by atoms with Gasteiger partial charge in [0.25, 0.3) is 5.91 Å². The van der Waals surface area contributed by atoms with Crippen LogP contribution in [-0.4, -0.2) is 95.7 Å². The highest BCUT2D eigenvalue weighted by Gasteiger charge is 2.25. The number of carbonyl (C=O) groups excluding carboxylic acids is 1. The number of aromatic nitrogens is 6. The van der Waals surface area contributed by atoms with E-state index in [4.69, 9.17) is 23.5 Å². The van der Waals surface area contributed by atoms with Crippen LogP contribution in [-0.2, 0) is 7.05 Å². The van der Waals surface area contributed by atoms with Gasteiger partial charge in [0.05, 0.1) is 40.9 Å². The third-order valence-electron chi connectivity index (χ3n) is 5.84. The summed E-state index contributed by atoms with van der Waals surface area (Å²) in [7, 11) is 19.1. The van der Waals surface area contributed by atoms with E-state index in [1.165, 1.54) is 0 Å². The highest BCUT2D eigenvalue weighted by atomic mass is 16.1. The van der Waals surface area contributed by atoms with Gasteiger partial charge >= 0.3 is 0 Å². The van der Waals surface area contributed by atoms with Gasteiger partial charge in [0.2, 0.25) is 0 Å². The number of aryl methyl sites for hydroxylation is 1. The SMILES string of the molecule is [B]C([B])([B])N1CCN(c2cc(C(=O)Nc3cc4nc(-c5cn(C)nn5)ccc4cn3)ccn2)CC1. The molecule has 1 N–H and O–H groups in total. The van der Waals surface area contributed by atoms with E-state index in [2.05, 4.69) is 35.5 Å². The van der Waals surface area contributed by atoms with E-state index in [1.807, 2.05) is 12.1 Å².